The summed E-state index contributed by atoms with van der Waals surface area (Å²) in [5.41, 5.74) is 5.88. The van der Waals surface area contributed by atoms with Crippen LogP contribution in [0.3, 0.4) is 0 Å². The van der Waals surface area contributed by atoms with E-state index in [-0.39, 0.29) is 12.5 Å². The highest BCUT2D eigenvalue weighted by molar-refractivity contribution is 7.96. The van der Waals surface area contributed by atoms with Crippen molar-refractivity contribution in [2.24, 2.45) is 0 Å². The molecule has 2 heterocycles. The van der Waals surface area contributed by atoms with Crippen molar-refractivity contribution in [1.29, 1.82) is 0 Å². The van der Waals surface area contributed by atoms with Gasteiger partial charge in [-0.15, -0.1) is 0 Å². The zero-order valence-corrected chi connectivity index (χ0v) is 20.7. The molecule has 1 fully saturated rings. The van der Waals surface area contributed by atoms with E-state index in [9.17, 15) is 14.7 Å². The van der Waals surface area contributed by atoms with Crippen molar-refractivity contribution >= 4 is 41.0 Å². The maximum absolute atomic E-state index is 12.7. The average molecular weight is 492 g/mol. The summed E-state index contributed by atoms with van der Waals surface area (Å²) in [7, 11) is 3.35. The molecule has 182 valence electrons. The fourth-order valence-corrected chi connectivity index (χ4v) is 5.78. The van der Waals surface area contributed by atoms with E-state index in [0.717, 1.165) is 52.7 Å². The summed E-state index contributed by atoms with van der Waals surface area (Å²) in [6.07, 6.45) is 7.59. The van der Waals surface area contributed by atoms with Crippen LogP contribution in [0.2, 0.25) is 0 Å². The molecule has 2 aliphatic rings. The van der Waals surface area contributed by atoms with Crippen LogP contribution in [0.15, 0.2) is 42.0 Å². The molecular weight excluding hydrogens is 462 g/mol. The molecule has 35 heavy (non-hydrogen) atoms. The number of aromatic nitrogens is 1. The maximum Gasteiger partial charge on any atom is 0.333 e. The predicted molar refractivity (Wildman–Crippen MR) is 139 cm³/mol. The molecule has 7 nitrogen and oxygen atoms in total. The van der Waals surface area contributed by atoms with E-state index in [1.807, 2.05) is 36.4 Å². The van der Waals surface area contributed by atoms with Crippen LogP contribution in [0.25, 0.3) is 28.2 Å². The van der Waals surface area contributed by atoms with E-state index in [1.165, 1.54) is 24.8 Å². The number of carbonyl (C=O) groups is 2. The Kier molecular flexibility index (Phi) is 6.58. The molecule has 1 amide bonds. The highest BCUT2D eigenvalue weighted by atomic mass is 32.2. The molecule has 0 unspecified atom stereocenters. The highest BCUT2D eigenvalue weighted by Crippen LogP contribution is 2.47. The lowest BCUT2D eigenvalue weighted by atomic mass is 9.81. The van der Waals surface area contributed by atoms with E-state index in [1.54, 1.807) is 20.2 Å². The molecule has 1 saturated carbocycles. The van der Waals surface area contributed by atoms with Crippen LogP contribution in [-0.2, 0) is 11.3 Å². The number of carboxylic acids is 1. The van der Waals surface area contributed by atoms with Gasteiger partial charge in [-0.25, -0.2) is 9.52 Å². The molecule has 1 aliphatic carbocycles. The molecule has 0 radical (unpaired) electrons. The number of benzene rings is 2. The lowest BCUT2D eigenvalue weighted by molar-refractivity contribution is -0.132. The number of hydrogen-bond donors (Lipinski definition) is 3. The van der Waals surface area contributed by atoms with Gasteiger partial charge in [-0.1, -0.05) is 25.3 Å². The van der Waals surface area contributed by atoms with E-state index in [0.29, 0.717) is 22.8 Å². The summed E-state index contributed by atoms with van der Waals surface area (Å²) in [4.78, 5) is 25.0. The normalized spacial score (nSPS) is 15.7. The Balaban J connectivity index is 1.79. The van der Waals surface area contributed by atoms with Gasteiger partial charge in [0.05, 0.1) is 24.9 Å². The van der Waals surface area contributed by atoms with Gasteiger partial charge in [0, 0.05) is 34.2 Å². The number of methoxy groups -OCH3 is 1. The van der Waals surface area contributed by atoms with Gasteiger partial charge >= 0.3 is 5.97 Å². The second kappa shape index (κ2) is 9.79. The zero-order valence-electron chi connectivity index (χ0n) is 19.9. The quantitative estimate of drug-likeness (QED) is 0.402. The minimum atomic E-state index is -0.952. The third kappa shape index (κ3) is 4.32. The fraction of sp³-hybridized carbons (Fsp3) is 0.333. The van der Waals surface area contributed by atoms with Crippen molar-refractivity contribution in [3.8, 4) is 17.0 Å². The van der Waals surface area contributed by atoms with E-state index in [2.05, 4.69) is 14.0 Å². The molecule has 1 aliphatic heterocycles. The standard InChI is InChI=1S/C27H29N3O4S/c1-28-35-29-26(31)17-8-10-22-23(14-17)30-15-19(27(32)33)12-18-13-20(34-2)9-11-21(18)25(30)24(22)16-6-4-3-5-7-16/h8-14,16,28H,3-7,15H2,1-2H3,(H,29,31)(H,32,33). The van der Waals surface area contributed by atoms with Crippen LogP contribution in [-0.4, -0.2) is 35.7 Å². The number of rotatable bonds is 6. The molecule has 0 saturated heterocycles. The molecule has 3 aromatic rings. The third-order valence-electron chi connectivity index (χ3n) is 7.07. The topological polar surface area (TPSA) is 92.6 Å². The van der Waals surface area contributed by atoms with Crippen molar-refractivity contribution in [2.45, 2.75) is 44.6 Å². The SMILES string of the molecule is CNSNC(=O)c1ccc2c(C3CCCCC3)c3n(c2c1)CC(C(=O)O)=Cc1cc(OC)ccc1-3. The summed E-state index contributed by atoms with van der Waals surface area (Å²) < 4.78 is 13.2. The molecule has 5 rings (SSSR count). The number of fused-ring (bicyclic) bond motifs is 5. The highest BCUT2D eigenvalue weighted by Gasteiger charge is 2.30. The molecule has 8 heteroatoms. The summed E-state index contributed by atoms with van der Waals surface area (Å²) in [6.45, 7) is 0.223. The maximum atomic E-state index is 12.7. The second-order valence-electron chi connectivity index (χ2n) is 9.08. The molecule has 1 aromatic heterocycles. The monoisotopic (exact) mass is 491 g/mol. The van der Waals surface area contributed by atoms with Gasteiger partial charge in [0.15, 0.2) is 0 Å². The number of nitrogens with zero attached hydrogens (tertiary/aromatic N) is 1. The first kappa shape index (κ1) is 23.5. The molecular formula is C27H29N3O4S. The summed E-state index contributed by atoms with van der Waals surface area (Å²) in [5.74, 6) is -0.0707. The lowest BCUT2D eigenvalue weighted by Crippen LogP contribution is -2.19. The van der Waals surface area contributed by atoms with Crippen molar-refractivity contribution < 1.29 is 19.4 Å². The Bertz CT molecular complexity index is 1340. The van der Waals surface area contributed by atoms with Crippen LogP contribution in [0, 0.1) is 0 Å². The molecule has 0 spiro atoms. The van der Waals surface area contributed by atoms with Crippen molar-refractivity contribution in [3.63, 3.8) is 0 Å². The molecule has 0 bridgehead atoms. The van der Waals surface area contributed by atoms with Gasteiger partial charge in [0.1, 0.15) is 5.75 Å². The lowest BCUT2D eigenvalue weighted by Gasteiger charge is -2.24. The van der Waals surface area contributed by atoms with Gasteiger partial charge in [0.25, 0.3) is 5.91 Å². The molecule has 0 atom stereocenters. The van der Waals surface area contributed by atoms with Gasteiger partial charge in [-0.3, -0.25) is 9.52 Å². The van der Waals surface area contributed by atoms with Gasteiger partial charge in [-0.2, -0.15) is 0 Å². The minimum Gasteiger partial charge on any atom is -0.497 e. The third-order valence-corrected chi connectivity index (χ3v) is 7.56. The number of nitrogens with one attached hydrogen (secondary N) is 2. The largest absolute Gasteiger partial charge is 0.497 e. The molecule has 3 N–H and O–H groups in total. The van der Waals surface area contributed by atoms with Crippen LogP contribution in [0.5, 0.6) is 5.75 Å². The zero-order chi connectivity index (χ0) is 24.5. The van der Waals surface area contributed by atoms with E-state index >= 15 is 0 Å². The van der Waals surface area contributed by atoms with Gasteiger partial charge < -0.3 is 14.4 Å². The van der Waals surface area contributed by atoms with Crippen molar-refractivity contribution in [1.82, 2.24) is 14.0 Å². The van der Waals surface area contributed by atoms with Crippen LogP contribution in [0.4, 0.5) is 0 Å². The number of aliphatic carboxylic acids is 1. The van der Waals surface area contributed by atoms with Crippen molar-refractivity contribution in [2.75, 3.05) is 14.2 Å². The average Bonchev–Trinajstić information content (AvgIpc) is 3.09. The van der Waals surface area contributed by atoms with E-state index in [4.69, 9.17) is 4.74 Å². The summed E-state index contributed by atoms with van der Waals surface area (Å²) >= 11 is 1.12. The Hall–Kier alpha value is -3.23. The number of hydrogen-bond acceptors (Lipinski definition) is 5. The van der Waals surface area contributed by atoms with Crippen molar-refractivity contribution in [3.05, 3.63) is 58.7 Å². The number of ether oxygens (including phenoxy) is 1. The fourth-order valence-electron chi connectivity index (χ4n) is 5.47. The van der Waals surface area contributed by atoms with Gasteiger partial charge in [-0.05, 0) is 73.3 Å². The second-order valence-corrected chi connectivity index (χ2v) is 9.90. The molecule has 2 aromatic carbocycles. The van der Waals surface area contributed by atoms with Crippen LogP contribution < -0.4 is 14.2 Å². The number of carbonyl (C=O) groups excluding carboxylic acids is 1. The Morgan fingerprint density at radius 1 is 1.11 bits per heavy atom. The van der Waals surface area contributed by atoms with E-state index < -0.39 is 5.97 Å². The first-order valence-corrected chi connectivity index (χ1v) is 12.7. The predicted octanol–water partition coefficient (Wildman–Crippen LogP) is 5.36. The summed E-state index contributed by atoms with van der Waals surface area (Å²) in [5, 5.41) is 11.1. The number of amides is 1. The first-order valence-electron chi connectivity index (χ1n) is 11.9. The Morgan fingerprint density at radius 3 is 2.63 bits per heavy atom. The van der Waals surface area contributed by atoms with Crippen LogP contribution in [0.1, 0.15) is 59.5 Å². The van der Waals surface area contributed by atoms with Crippen LogP contribution >= 0.6 is 12.1 Å². The first-order chi connectivity index (χ1) is 17.0. The number of carboxylic acid groups (broad SMARTS) is 1. The minimum absolute atomic E-state index is 0.200. The summed E-state index contributed by atoms with van der Waals surface area (Å²) in [6, 6.07) is 11.7. The Labute approximate surface area is 208 Å². The smallest absolute Gasteiger partial charge is 0.333 e. The van der Waals surface area contributed by atoms with Gasteiger partial charge in [0.2, 0.25) is 0 Å². The Morgan fingerprint density at radius 2 is 1.91 bits per heavy atom.